The summed E-state index contributed by atoms with van der Waals surface area (Å²) in [5.41, 5.74) is 6.33. The molecule has 4 nitrogen and oxygen atoms in total. The number of rotatable bonds is 9. The van der Waals surface area contributed by atoms with Crippen LogP contribution in [0.1, 0.15) is 37.7 Å². The van der Waals surface area contributed by atoms with Crippen LogP contribution in [-0.2, 0) is 11.3 Å². The summed E-state index contributed by atoms with van der Waals surface area (Å²) in [6, 6.07) is 10.6. The Morgan fingerprint density at radius 1 is 1.32 bits per heavy atom. The number of aliphatic carboxylic acids is 1. The maximum atomic E-state index is 11.6. The summed E-state index contributed by atoms with van der Waals surface area (Å²) in [4.78, 5) is 11.6. The van der Waals surface area contributed by atoms with E-state index in [1.807, 2.05) is 18.2 Å². The Hall–Kier alpha value is -1.33. The molecule has 1 saturated carbocycles. The Labute approximate surface area is 133 Å². The zero-order valence-electron chi connectivity index (χ0n) is 13.0. The Bertz CT molecular complexity index is 477. The summed E-state index contributed by atoms with van der Waals surface area (Å²) in [6.45, 7) is 0.816. The van der Waals surface area contributed by atoms with E-state index in [1.165, 1.54) is 5.56 Å². The van der Waals surface area contributed by atoms with Gasteiger partial charge in [0.2, 0.25) is 0 Å². The van der Waals surface area contributed by atoms with Crippen LogP contribution in [0.15, 0.2) is 30.3 Å². The van der Waals surface area contributed by atoms with Crippen molar-refractivity contribution in [2.24, 2.45) is 11.7 Å². The van der Waals surface area contributed by atoms with Crippen LogP contribution in [0.3, 0.4) is 0 Å². The van der Waals surface area contributed by atoms with E-state index < -0.39 is 11.5 Å². The molecule has 2 radical (unpaired) electrons. The first kappa shape index (κ1) is 17.0. The van der Waals surface area contributed by atoms with Crippen molar-refractivity contribution < 1.29 is 9.90 Å². The SMILES string of the molecule is [B]CCCCC(N)(C(=O)O)C1CC(NCc2ccccc2)C1. The minimum atomic E-state index is -1.10. The third-order valence-corrected chi connectivity index (χ3v) is 4.75. The lowest BCUT2D eigenvalue weighted by Crippen LogP contribution is -2.60. The van der Waals surface area contributed by atoms with Gasteiger partial charge in [0.15, 0.2) is 0 Å². The van der Waals surface area contributed by atoms with Gasteiger partial charge in [-0.05, 0) is 30.7 Å². The van der Waals surface area contributed by atoms with E-state index in [9.17, 15) is 9.90 Å². The molecule has 1 fully saturated rings. The summed E-state index contributed by atoms with van der Waals surface area (Å²) >= 11 is 0. The second-order valence-corrected chi connectivity index (χ2v) is 6.32. The van der Waals surface area contributed by atoms with Gasteiger partial charge in [-0.15, -0.1) is 0 Å². The highest BCUT2D eigenvalue weighted by atomic mass is 16.4. The lowest BCUT2D eigenvalue weighted by molar-refractivity contribution is -0.148. The normalized spacial score (nSPS) is 23.5. The van der Waals surface area contributed by atoms with Crippen LogP contribution in [-0.4, -0.2) is 30.5 Å². The summed E-state index contributed by atoms with van der Waals surface area (Å²) in [6.07, 6.45) is 4.36. The van der Waals surface area contributed by atoms with Gasteiger partial charge in [0.05, 0.1) is 7.85 Å². The molecule has 1 atom stereocenters. The molecule has 0 aliphatic heterocycles. The van der Waals surface area contributed by atoms with Gasteiger partial charge in [-0.25, -0.2) is 0 Å². The third kappa shape index (κ3) is 4.11. The van der Waals surface area contributed by atoms with Crippen LogP contribution in [0.5, 0.6) is 0 Å². The smallest absolute Gasteiger partial charge is 0.323 e. The zero-order valence-corrected chi connectivity index (χ0v) is 13.0. The fourth-order valence-corrected chi connectivity index (χ4v) is 3.11. The van der Waals surface area contributed by atoms with Crippen molar-refractivity contribution in [2.75, 3.05) is 0 Å². The van der Waals surface area contributed by atoms with E-state index >= 15 is 0 Å². The number of carboxylic acids is 1. The van der Waals surface area contributed by atoms with Gasteiger partial charge in [0.25, 0.3) is 0 Å². The molecule has 22 heavy (non-hydrogen) atoms. The number of carboxylic acid groups (broad SMARTS) is 1. The van der Waals surface area contributed by atoms with Crippen molar-refractivity contribution in [2.45, 2.75) is 56.5 Å². The van der Waals surface area contributed by atoms with Gasteiger partial charge >= 0.3 is 5.97 Å². The molecule has 1 aromatic rings. The summed E-state index contributed by atoms with van der Waals surface area (Å²) in [7, 11) is 5.48. The van der Waals surface area contributed by atoms with E-state index in [1.54, 1.807) is 0 Å². The van der Waals surface area contributed by atoms with Crippen molar-refractivity contribution in [1.82, 2.24) is 5.32 Å². The molecule has 5 heteroatoms. The molecule has 1 aromatic carbocycles. The monoisotopic (exact) mass is 300 g/mol. The molecule has 0 saturated heterocycles. The lowest BCUT2D eigenvalue weighted by Gasteiger charge is -2.45. The Balaban J connectivity index is 1.78. The first-order chi connectivity index (χ1) is 10.6. The van der Waals surface area contributed by atoms with Crippen LogP contribution in [0.2, 0.25) is 6.32 Å². The quantitative estimate of drug-likeness (QED) is 0.482. The molecule has 4 N–H and O–H groups in total. The van der Waals surface area contributed by atoms with Crippen LogP contribution in [0.4, 0.5) is 0 Å². The standard InChI is InChI=1S/C17H25BN2O2/c18-9-5-4-8-17(19,16(21)22)14-10-15(11-14)20-12-13-6-2-1-3-7-13/h1-3,6-7,14-15,20H,4-5,8-12,19H2,(H,21,22). The molecule has 2 rings (SSSR count). The number of hydrogen-bond acceptors (Lipinski definition) is 3. The number of benzene rings is 1. The molecule has 0 amide bonds. The number of carbonyl (C=O) groups is 1. The van der Waals surface area contributed by atoms with Crippen LogP contribution in [0, 0.1) is 5.92 Å². The Kier molecular flexibility index (Phi) is 6.03. The van der Waals surface area contributed by atoms with Crippen molar-refractivity contribution in [1.29, 1.82) is 0 Å². The van der Waals surface area contributed by atoms with Crippen molar-refractivity contribution in [3.8, 4) is 0 Å². The highest BCUT2D eigenvalue weighted by Crippen LogP contribution is 2.38. The van der Waals surface area contributed by atoms with E-state index in [2.05, 4.69) is 17.4 Å². The van der Waals surface area contributed by atoms with Gasteiger partial charge < -0.3 is 16.2 Å². The van der Waals surface area contributed by atoms with Crippen LogP contribution in [0.25, 0.3) is 0 Å². The first-order valence-electron chi connectivity index (χ1n) is 8.06. The average molecular weight is 300 g/mol. The molecule has 0 heterocycles. The largest absolute Gasteiger partial charge is 0.480 e. The van der Waals surface area contributed by atoms with Gasteiger partial charge in [0, 0.05) is 12.6 Å². The predicted molar refractivity (Wildman–Crippen MR) is 88.8 cm³/mol. The fourth-order valence-electron chi connectivity index (χ4n) is 3.11. The Morgan fingerprint density at radius 2 is 2.00 bits per heavy atom. The molecule has 1 aliphatic rings. The maximum absolute atomic E-state index is 11.6. The molecule has 0 spiro atoms. The van der Waals surface area contributed by atoms with Crippen molar-refractivity contribution in [3.05, 3.63) is 35.9 Å². The molecular weight excluding hydrogens is 275 g/mol. The number of nitrogens with one attached hydrogen (secondary N) is 1. The summed E-state index contributed by atoms with van der Waals surface area (Å²) in [5.74, 6) is -0.827. The fraction of sp³-hybridized carbons (Fsp3) is 0.588. The molecule has 118 valence electrons. The van der Waals surface area contributed by atoms with Gasteiger partial charge in [-0.2, -0.15) is 0 Å². The second-order valence-electron chi connectivity index (χ2n) is 6.32. The van der Waals surface area contributed by atoms with E-state index in [0.717, 1.165) is 32.2 Å². The minimum absolute atomic E-state index is 0.0519. The number of unbranched alkanes of at least 4 members (excludes halogenated alkanes) is 1. The van der Waals surface area contributed by atoms with Gasteiger partial charge in [0.1, 0.15) is 5.54 Å². The third-order valence-electron chi connectivity index (χ3n) is 4.75. The molecule has 1 unspecified atom stereocenters. The molecular formula is C17H25BN2O2. The highest BCUT2D eigenvalue weighted by molar-refractivity contribution is 6.08. The number of nitrogens with two attached hydrogens (primary N) is 1. The average Bonchev–Trinajstić information content (AvgIpc) is 2.46. The predicted octanol–water partition coefficient (Wildman–Crippen LogP) is 2.09. The van der Waals surface area contributed by atoms with Gasteiger partial charge in [-0.3, -0.25) is 4.79 Å². The van der Waals surface area contributed by atoms with E-state index in [-0.39, 0.29) is 5.92 Å². The molecule has 1 aliphatic carbocycles. The molecule has 0 aromatic heterocycles. The van der Waals surface area contributed by atoms with Crippen molar-refractivity contribution in [3.63, 3.8) is 0 Å². The zero-order chi connectivity index (χ0) is 16.0. The Morgan fingerprint density at radius 3 is 2.59 bits per heavy atom. The van der Waals surface area contributed by atoms with Crippen molar-refractivity contribution >= 4 is 13.8 Å². The van der Waals surface area contributed by atoms with Crippen LogP contribution < -0.4 is 11.1 Å². The lowest BCUT2D eigenvalue weighted by atomic mass is 9.66. The maximum Gasteiger partial charge on any atom is 0.323 e. The first-order valence-corrected chi connectivity index (χ1v) is 8.06. The molecule has 0 bridgehead atoms. The topological polar surface area (TPSA) is 75.4 Å². The number of hydrogen-bond donors (Lipinski definition) is 3. The van der Waals surface area contributed by atoms with E-state index in [0.29, 0.717) is 18.8 Å². The summed E-state index contributed by atoms with van der Waals surface area (Å²) in [5, 5.41) is 13.0. The highest BCUT2D eigenvalue weighted by Gasteiger charge is 2.47. The minimum Gasteiger partial charge on any atom is -0.480 e. The van der Waals surface area contributed by atoms with Gasteiger partial charge in [-0.1, -0.05) is 49.5 Å². The van der Waals surface area contributed by atoms with E-state index in [4.69, 9.17) is 13.6 Å². The second kappa shape index (κ2) is 7.79. The summed E-state index contributed by atoms with van der Waals surface area (Å²) < 4.78 is 0. The van der Waals surface area contributed by atoms with Crippen LogP contribution >= 0.6 is 0 Å².